The summed E-state index contributed by atoms with van der Waals surface area (Å²) in [5.74, 6) is 1.42. The zero-order valence-corrected chi connectivity index (χ0v) is 22.9. The Morgan fingerprint density at radius 3 is 2.20 bits per heavy atom. The molecule has 0 aliphatic carbocycles. The number of anilines is 3. The van der Waals surface area contributed by atoms with Gasteiger partial charge in [0.25, 0.3) is 5.69 Å². The van der Waals surface area contributed by atoms with Gasteiger partial charge in [0.2, 0.25) is 17.8 Å². The van der Waals surface area contributed by atoms with Crippen LogP contribution in [0.1, 0.15) is 54.4 Å². The number of non-ortho nitro benzene ring substituents is 1. The Balaban J connectivity index is 1.30. The molecule has 2 aromatic carbocycles. The molecule has 1 N–H and O–H groups in total. The number of nitro benzene ring substituents is 1. The summed E-state index contributed by atoms with van der Waals surface area (Å²) in [4.78, 5) is 41.5. The lowest BCUT2D eigenvalue weighted by molar-refractivity contribution is -0.384. The van der Waals surface area contributed by atoms with Gasteiger partial charge in [0.05, 0.1) is 23.8 Å². The first-order valence-corrected chi connectivity index (χ1v) is 13.7. The SMILES string of the molecule is COc1cc(/C=N/Nc2nc(N3CCCCC3)nc(N3CCCCC3)n2)ccc1OC(=O)c1cccc([N+](=O)[O-])c1. The second-order valence-electron chi connectivity index (χ2n) is 9.83. The second kappa shape index (κ2) is 13.0. The standard InChI is InChI=1S/C28H32N8O5/c1-40-24-17-20(11-12-23(24)41-25(37)21-9-8-10-22(18-21)36(38)39)19-29-33-26-30-27(34-13-4-2-5-14-34)32-28(31-26)35-15-6-3-7-16-35/h8-12,17-19H,2-7,13-16H2,1H3,(H,30,31,32,33)/b29-19+. The predicted molar refractivity (Wildman–Crippen MR) is 154 cm³/mol. The third kappa shape index (κ3) is 7.04. The molecule has 5 rings (SSSR count). The lowest BCUT2D eigenvalue weighted by Crippen LogP contribution is -2.34. The number of ether oxygens (including phenoxy) is 2. The summed E-state index contributed by atoms with van der Waals surface area (Å²) < 4.78 is 10.8. The molecular formula is C28H32N8O5. The fraction of sp³-hybridized carbons (Fsp3) is 0.393. The molecule has 2 saturated heterocycles. The molecule has 3 aromatic rings. The maximum Gasteiger partial charge on any atom is 0.343 e. The number of aromatic nitrogens is 3. The van der Waals surface area contributed by atoms with Crippen LogP contribution in [0, 0.1) is 10.1 Å². The average Bonchev–Trinajstić information content (AvgIpc) is 3.02. The van der Waals surface area contributed by atoms with Crippen LogP contribution >= 0.6 is 0 Å². The number of piperidine rings is 2. The quantitative estimate of drug-likeness (QED) is 0.130. The van der Waals surface area contributed by atoms with Gasteiger partial charge < -0.3 is 19.3 Å². The molecule has 3 heterocycles. The Kier molecular flexibility index (Phi) is 8.82. The molecule has 0 spiro atoms. The van der Waals surface area contributed by atoms with Crippen LogP contribution < -0.4 is 24.7 Å². The number of benzene rings is 2. The molecule has 41 heavy (non-hydrogen) atoms. The van der Waals surface area contributed by atoms with Crippen LogP contribution in [-0.2, 0) is 0 Å². The second-order valence-corrected chi connectivity index (χ2v) is 9.83. The monoisotopic (exact) mass is 560 g/mol. The number of carbonyl (C=O) groups excluding carboxylic acids is 1. The minimum atomic E-state index is -0.737. The normalized spacial score (nSPS) is 15.5. The van der Waals surface area contributed by atoms with Crippen molar-refractivity contribution in [1.82, 2.24) is 15.0 Å². The van der Waals surface area contributed by atoms with Crippen LogP contribution in [0.3, 0.4) is 0 Å². The summed E-state index contributed by atoms with van der Waals surface area (Å²) in [7, 11) is 1.45. The van der Waals surface area contributed by atoms with E-state index in [9.17, 15) is 14.9 Å². The third-order valence-corrected chi connectivity index (χ3v) is 6.95. The summed E-state index contributed by atoms with van der Waals surface area (Å²) in [5, 5.41) is 15.4. The van der Waals surface area contributed by atoms with Crippen molar-refractivity contribution in [3.63, 3.8) is 0 Å². The van der Waals surface area contributed by atoms with E-state index in [1.165, 1.54) is 38.2 Å². The molecule has 0 bridgehead atoms. The van der Waals surface area contributed by atoms with Gasteiger partial charge in [-0.3, -0.25) is 10.1 Å². The first kappa shape index (κ1) is 27.7. The van der Waals surface area contributed by atoms with Crippen molar-refractivity contribution in [3.8, 4) is 11.5 Å². The molecule has 214 valence electrons. The Labute approximate surface area is 237 Å². The molecular weight excluding hydrogens is 528 g/mol. The van der Waals surface area contributed by atoms with Crippen LogP contribution in [-0.4, -0.2) is 65.3 Å². The molecule has 2 aliphatic heterocycles. The fourth-order valence-corrected chi connectivity index (χ4v) is 4.79. The summed E-state index contributed by atoms with van der Waals surface area (Å²) >= 11 is 0. The van der Waals surface area contributed by atoms with Gasteiger partial charge in [-0.2, -0.15) is 20.1 Å². The first-order valence-electron chi connectivity index (χ1n) is 13.7. The Hall–Kier alpha value is -4.81. The predicted octanol–water partition coefficient (Wildman–Crippen LogP) is 4.43. The third-order valence-electron chi connectivity index (χ3n) is 6.95. The Bertz CT molecular complexity index is 1380. The van der Waals surface area contributed by atoms with Crippen molar-refractivity contribution >= 4 is 35.7 Å². The molecule has 0 radical (unpaired) electrons. The largest absolute Gasteiger partial charge is 0.493 e. The van der Waals surface area contributed by atoms with E-state index in [2.05, 4.69) is 30.3 Å². The number of nitro groups is 1. The molecule has 0 amide bonds. The Morgan fingerprint density at radius 2 is 1.59 bits per heavy atom. The summed E-state index contributed by atoms with van der Waals surface area (Å²) in [6, 6.07) is 10.3. The van der Waals surface area contributed by atoms with Gasteiger partial charge in [-0.1, -0.05) is 6.07 Å². The van der Waals surface area contributed by atoms with Crippen molar-refractivity contribution in [2.45, 2.75) is 38.5 Å². The number of esters is 1. The molecule has 0 unspecified atom stereocenters. The number of hydrazone groups is 1. The number of nitrogens with one attached hydrogen (secondary N) is 1. The highest BCUT2D eigenvalue weighted by Gasteiger charge is 2.20. The van der Waals surface area contributed by atoms with E-state index < -0.39 is 10.9 Å². The molecule has 2 aliphatic rings. The number of hydrogen-bond acceptors (Lipinski definition) is 12. The van der Waals surface area contributed by atoms with E-state index in [4.69, 9.17) is 14.5 Å². The van der Waals surface area contributed by atoms with Crippen molar-refractivity contribution < 1.29 is 19.2 Å². The lowest BCUT2D eigenvalue weighted by atomic mass is 10.1. The smallest absolute Gasteiger partial charge is 0.343 e. The lowest BCUT2D eigenvalue weighted by Gasteiger charge is -2.30. The zero-order chi connectivity index (χ0) is 28.6. The van der Waals surface area contributed by atoms with Crippen LogP contribution in [0.4, 0.5) is 23.5 Å². The number of hydrogen-bond donors (Lipinski definition) is 1. The van der Waals surface area contributed by atoms with E-state index in [0.717, 1.165) is 57.9 Å². The maximum absolute atomic E-state index is 12.6. The van der Waals surface area contributed by atoms with Gasteiger partial charge in [-0.05, 0) is 68.4 Å². The van der Waals surface area contributed by atoms with Crippen molar-refractivity contribution in [2.24, 2.45) is 5.10 Å². The highest BCUT2D eigenvalue weighted by Crippen LogP contribution is 2.29. The molecule has 2 fully saturated rings. The number of rotatable bonds is 9. The van der Waals surface area contributed by atoms with Crippen LogP contribution in [0.5, 0.6) is 11.5 Å². The van der Waals surface area contributed by atoms with Gasteiger partial charge in [-0.15, -0.1) is 0 Å². The van der Waals surface area contributed by atoms with Gasteiger partial charge in [0, 0.05) is 38.3 Å². The van der Waals surface area contributed by atoms with Crippen molar-refractivity contribution in [1.29, 1.82) is 0 Å². The summed E-state index contributed by atoms with van der Waals surface area (Å²) in [5.41, 5.74) is 3.47. The molecule has 13 heteroatoms. The summed E-state index contributed by atoms with van der Waals surface area (Å²) in [6.45, 7) is 3.68. The topological polar surface area (TPSA) is 148 Å². The van der Waals surface area contributed by atoms with Gasteiger partial charge in [0.15, 0.2) is 11.5 Å². The highest BCUT2D eigenvalue weighted by atomic mass is 16.6. The zero-order valence-electron chi connectivity index (χ0n) is 22.9. The number of nitrogens with zero attached hydrogens (tertiary/aromatic N) is 7. The van der Waals surface area contributed by atoms with Crippen molar-refractivity contribution in [2.75, 3.05) is 48.5 Å². The van der Waals surface area contributed by atoms with E-state index in [1.807, 2.05) is 0 Å². The van der Waals surface area contributed by atoms with E-state index in [0.29, 0.717) is 29.2 Å². The Morgan fingerprint density at radius 1 is 0.927 bits per heavy atom. The van der Waals surface area contributed by atoms with E-state index >= 15 is 0 Å². The highest BCUT2D eigenvalue weighted by molar-refractivity contribution is 5.92. The number of methoxy groups -OCH3 is 1. The van der Waals surface area contributed by atoms with E-state index in [1.54, 1.807) is 24.4 Å². The van der Waals surface area contributed by atoms with E-state index in [-0.39, 0.29) is 17.0 Å². The minimum absolute atomic E-state index is 0.0567. The van der Waals surface area contributed by atoms with Crippen molar-refractivity contribution in [3.05, 3.63) is 63.7 Å². The number of carbonyl (C=O) groups is 1. The summed E-state index contributed by atoms with van der Waals surface area (Å²) in [6.07, 6.45) is 8.47. The van der Waals surface area contributed by atoms with Gasteiger partial charge in [0.1, 0.15) is 0 Å². The van der Waals surface area contributed by atoms with Crippen LogP contribution in [0.25, 0.3) is 0 Å². The maximum atomic E-state index is 12.6. The average molecular weight is 561 g/mol. The first-order chi connectivity index (χ1) is 20.0. The fourth-order valence-electron chi connectivity index (χ4n) is 4.79. The van der Waals surface area contributed by atoms with Gasteiger partial charge >= 0.3 is 5.97 Å². The molecule has 0 saturated carbocycles. The minimum Gasteiger partial charge on any atom is -0.493 e. The molecule has 13 nitrogen and oxygen atoms in total. The van der Waals surface area contributed by atoms with Crippen LogP contribution in [0.15, 0.2) is 47.6 Å². The van der Waals surface area contributed by atoms with Crippen LogP contribution in [0.2, 0.25) is 0 Å². The molecule has 1 aromatic heterocycles. The van der Waals surface area contributed by atoms with Gasteiger partial charge in [-0.25, -0.2) is 10.2 Å². The molecule has 0 atom stereocenters.